The molecule has 0 saturated carbocycles. The highest BCUT2D eigenvalue weighted by Crippen LogP contribution is 2.18. The van der Waals surface area contributed by atoms with Gasteiger partial charge in [-0.05, 0) is 26.0 Å². The first-order valence-corrected chi connectivity index (χ1v) is 5.56. The second kappa shape index (κ2) is 4.93. The van der Waals surface area contributed by atoms with Crippen molar-refractivity contribution >= 4 is 17.6 Å². The molecule has 0 aliphatic rings. The molecule has 0 bridgehead atoms. The van der Waals surface area contributed by atoms with Crippen molar-refractivity contribution < 1.29 is 19.2 Å². The fourth-order valence-electron chi connectivity index (χ4n) is 1.60. The number of hydrogen-bond donors (Lipinski definition) is 2. The zero-order valence-electron chi connectivity index (χ0n) is 10.4. The minimum Gasteiger partial charge on any atom is -0.478 e. The van der Waals surface area contributed by atoms with Gasteiger partial charge in [0.1, 0.15) is 5.76 Å². The average Bonchev–Trinajstić information content (AvgIpc) is 2.78. The Kier molecular flexibility index (Phi) is 3.33. The first-order valence-electron chi connectivity index (χ1n) is 5.56. The summed E-state index contributed by atoms with van der Waals surface area (Å²) in [5, 5.41) is 15.2. The number of rotatable bonds is 3. The summed E-state index contributed by atoms with van der Waals surface area (Å²) in [6.45, 7) is 3.44. The van der Waals surface area contributed by atoms with E-state index in [9.17, 15) is 9.59 Å². The van der Waals surface area contributed by atoms with Crippen molar-refractivity contribution in [2.75, 3.05) is 5.32 Å². The Morgan fingerprint density at radius 3 is 2.58 bits per heavy atom. The number of benzene rings is 1. The molecule has 0 aliphatic carbocycles. The van der Waals surface area contributed by atoms with E-state index >= 15 is 0 Å². The number of carbonyl (C=O) groups is 2. The first-order chi connectivity index (χ1) is 8.97. The minimum absolute atomic E-state index is 0.0357. The number of carbonyl (C=O) groups excluding carboxylic acids is 1. The highest BCUT2D eigenvalue weighted by atomic mass is 16.5. The number of aromatic carboxylic acids is 1. The fourth-order valence-corrected chi connectivity index (χ4v) is 1.60. The van der Waals surface area contributed by atoms with Gasteiger partial charge in [-0.25, -0.2) is 4.79 Å². The van der Waals surface area contributed by atoms with E-state index in [0.29, 0.717) is 5.76 Å². The van der Waals surface area contributed by atoms with Crippen LogP contribution in [0.5, 0.6) is 0 Å². The third kappa shape index (κ3) is 2.79. The second-order valence-electron chi connectivity index (χ2n) is 4.13. The summed E-state index contributed by atoms with van der Waals surface area (Å²) in [5.41, 5.74) is 1.17. The lowest BCUT2D eigenvalue weighted by Crippen LogP contribution is -2.15. The Hall–Kier alpha value is -2.63. The average molecular weight is 260 g/mol. The van der Waals surface area contributed by atoms with Gasteiger partial charge in [0.05, 0.1) is 11.3 Å². The van der Waals surface area contributed by atoms with E-state index < -0.39 is 11.9 Å². The fraction of sp³-hybridized carbons (Fsp3) is 0.154. The van der Waals surface area contributed by atoms with Crippen LogP contribution in [0.25, 0.3) is 0 Å². The molecule has 2 N–H and O–H groups in total. The minimum atomic E-state index is -1.10. The van der Waals surface area contributed by atoms with E-state index in [1.807, 2.05) is 0 Å². The predicted octanol–water partition coefficient (Wildman–Crippen LogP) is 2.24. The molecule has 1 aromatic carbocycles. The maximum absolute atomic E-state index is 11.9. The van der Waals surface area contributed by atoms with Crippen molar-refractivity contribution in [2.24, 2.45) is 0 Å². The quantitative estimate of drug-likeness (QED) is 0.882. The maximum Gasteiger partial charge on any atom is 0.337 e. The summed E-state index contributed by atoms with van der Waals surface area (Å²) in [4.78, 5) is 23.0. The van der Waals surface area contributed by atoms with Crippen LogP contribution in [0.2, 0.25) is 0 Å². The summed E-state index contributed by atoms with van der Waals surface area (Å²) in [7, 11) is 0. The van der Waals surface area contributed by atoms with E-state index in [4.69, 9.17) is 9.63 Å². The molecule has 0 atom stereocenters. The molecule has 98 valence electrons. The molecule has 2 aromatic rings. The van der Waals surface area contributed by atoms with Gasteiger partial charge in [-0.2, -0.15) is 0 Å². The standard InChI is InChI=1S/C13H12N2O4/c1-7-3-4-10(9(5-7)13(17)18)14-12(16)11-6-8(2)19-15-11/h3-6H,1-2H3,(H,14,16)(H,17,18). The van der Waals surface area contributed by atoms with Crippen molar-refractivity contribution in [2.45, 2.75) is 13.8 Å². The lowest BCUT2D eigenvalue weighted by atomic mass is 10.1. The van der Waals surface area contributed by atoms with Gasteiger partial charge in [-0.3, -0.25) is 4.79 Å². The van der Waals surface area contributed by atoms with Crippen LogP contribution in [0, 0.1) is 13.8 Å². The van der Waals surface area contributed by atoms with Crippen molar-refractivity contribution in [1.29, 1.82) is 0 Å². The van der Waals surface area contributed by atoms with Crippen molar-refractivity contribution in [3.63, 3.8) is 0 Å². The number of anilines is 1. The topological polar surface area (TPSA) is 92.4 Å². The lowest BCUT2D eigenvalue weighted by Gasteiger charge is -2.07. The van der Waals surface area contributed by atoms with Crippen molar-refractivity contribution in [3.8, 4) is 0 Å². The molecule has 0 fully saturated rings. The number of amides is 1. The molecular weight excluding hydrogens is 248 g/mol. The monoisotopic (exact) mass is 260 g/mol. The second-order valence-corrected chi connectivity index (χ2v) is 4.13. The van der Waals surface area contributed by atoms with Crippen molar-refractivity contribution in [1.82, 2.24) is 5.16 Å². The Morgan fingerprint density at radius 2 is 2.00 bits per heavy atom. The summed E-state index contributed by atoms with van der Waals surface area (Å²) in [6, 6.07) is 6.23. The molecule has 1 heterocycles. The van der Waals surface area contributed by atoms with Gasteiger partial charge >= 0.3 is 5.97 Å². The number of nitrogens with one attached hydrogen (secondary N) is 1. The molecule has 1 aromatic heterocycles. The highest BCUT2D eigenvalue weighted by Gasteiger charge is 2.16. The van der Waals surface area contributed by atoms with Crippen LogP contribution in [-0.2, 0) is 0 Å². The molecule has 0 saturated heterocycles. The van der Waals surface area contributed by atoms with Gasteiger partial charge in [0.2, 0.25) is 0 Å². The normalized spacial score (nSPS) is 10.2. The zero-order chi connectivity index (χ0) is 14.0. The number of aryl methyl sites for hydroxylation is 2. The first kappa shape index (κ1) is 12.8. The molecule has 0 aliphatic heterocycles. The van der Waals surface area contributed by atoms with Gasteiger partial charge in [0, 0.05) is 6.07 Å². The predicted molar refractivity (Wildman–Crippen MR) is 67.3 cm³/mol. The third-order valence-electron chi connectivity index (χ3n) is 2.51. The summed E-state index contributed by atoms with van der Waals surface area (Å²) in [5.74, 6) is -1.11. The highest BCUT2D eigenvalue weighted by molar-refractivity contribution is 6.06. The van der Waals surface area contributed by atoms with E-state index in [2.05, 4.69) is 10.5 Å². The zero-order valence-corrected chi connectivity index (χ0v) is 10.4. The number of carboxylic acids is 1. The van der Waals surface area contributed by atoms with Crippen LogP contribution < -0.4 is 5.32 Å². The SMILES string of the molecule is Cc1ccc(NC(=O)c2cc(C)on2)c(C(=O)O)c1. The Bertz CT molecular complexity index is 646. The lowest BCUT2D eigenvalue weighted by molar-refractivity contribution is 0.0698. The summed E-state index contributed by atoms with van der Waals surface area (Å²) in [6.07, 6.45) is 0. The molecule has 0 spiro atoms. The molecule has 0 radical (unpaired) electrons. The maximum atomic E-state index is 11.9. The van der Waals surface area contributed by atoms with E-state index in [-0.39, 0.29) is 16.9 Å². The van der Waals surface area contributed by atoms with Crippen LogP contribution in [0.3, 0.4) is 0 Å². The van der Waals surface area contributed by atoms with E-state index in [1.165, 1.54) is 12.1 Å². The molecule has 6 heteroatoms. The Labute approximate surface area is 109 Å². The molecular formula is C13H12N2O4. The smallest absolute Gasteiger partial charge is 0.337 e. The largest absolute Gasteiger partial charge is 0.478 e. The number of hydrogen-bond acceptors (Lipinski definition) is 4. The van der Waals surface area contributed by atoms with Gasteiger partial charge in [0.25, 0.3) is 5.91 Å². The van der Waals surface area contributed by atoms with Gasteiger partial charge in [-0.15, -0.1) is 0 Å². The molecule has 1 amide bonds. The van der Waals surface area contributed by atoms with E-state index in [0.717, 1.165) is 5.56 Å². The van der Waals surface area contributed by atoms with Gasteiger partial charge in [-0.1, -0.05) is 16.8 Å². The molecule has 0 unspecified atom stereocenters. The van der Waals surface area contributed by atoms with Crippen LogP contribution in [0.1, 0.15) is 32.2 Å². The van der Waals surface area contributed by atoms with Crippen LogP contribution in [0.15, 0.2) is 28.8 Å². The van der Waals surface area contributed by atoms with E-state index in [1.54, 1.807) is 26.0 Å². The molecule has 19 heavy (non-hydrogen) atoms. The number of aromatic nitrogens is 1. The van der Waals surface area contributed by atoms with Gasteiger partial charge in [0.15, 0.2) is 5.69 Å². The number of carboxylic acid groups (broad SMARTS) is 1. The summed E-state index contributed by atoms with van der Waals surface area (Å²) >= 11 is 0. The van der Waals surface area contributed by atoms with Crippen molar-refractivity contribution in [3.05, 3.63) is 46.8 Å². The van der Waals surface area contributed by atoms with Gasteiger partial charge < -0.3 is 14.9 Å². The third-order valence-corrected chi connectivity index (χ3v) is 2.51. The van der Waals surface area contributed by atoms with Crippen LogP contribution >= 0.6 is 0 Å². The Morgan fingerprint density at radius 1 is 1.26 bits per heavy atom. The summed E-state index contributed by atoms with van der Waals surface area (Å²) < 4.78 is 4.79. The van der Waals surface area contributed by atoms with Crippen LogP contribution in [-0.4, -0.2) is 22.1 Å². The Balaban J connectivity index is 2.28. The molecule has 6 nitrogen and oxygen atoms in total. The van der Waals surface area contributed by atoms with Crippen LogP contribution in [0.4, 0.5) is 5.69 Å². The molecule has 2 rings (SSSR count). The number of nitrogens with zero attached hydrogens (tertiary/aromatic N) is 1.